The quantitative estimate of drug-likeness (QED) is 0.636. The number of nitrogens with zero attached hydrogens (tertiary/aromatic N) is 4. The van der Waals surface area contributed by atoms with Crippen LogP contribution in [-0.2, 0) is 11.3 Å². The van der Waals surface area contributed by atoms with Crippen LogP contribution in [0.5, 0.6) is 0 Å². The molecule has 3 heterocycles. The van der Waals surface area contributed by atoms with Gasteiger partial charge < -0.3 is 4.57 Å². The number of aryl methyl sites for hydroxylation is 1. The lowest BCUT2D eigenvalue weighted by Gasteiger charge is -2.20. The van der Waals surface area contributed by atoms with E-state index in [0.717, 1.165) is 28.1 Å². The van der Waals surface area contributed by atoms with Crippen LogP contribution in [-0.4, -0.2) is 31.5 Å². The lowest BCUT2D eigenvalue weighted by Crippen LogP contribution is -2.35. The number of fused-ring (bicyclic) bond motifs is 2. The second kappa shape index (κ2) is 7.11. The van der Waals surface area contributed by atoms with Gasteiger partial charge in [0.1, 0.15) is 0 Å². The van der Waals surface area contributed by atoms with Crippen molar-refractivity contribution in [1.29, 1.82) is 5.41 Å². The average molecular weight is 414 g/mol. The standard InChI is InChI=1S/C23H19N5OS/c1-14-6-5-7-16(10-14)12-27-13-17(18-8-3-4-9-20(18)27)11-19-21(24)28-23(25-22(19)29)30-15(2)26-28/h3-11,13,24H,12H2,1-2H3/b19-11-,24-21?. The monoisotopic (exact) mass is 413 g/mol. The van der Waals surface area contributed by atoms with Gasteiger partial charge in [0, 0.05) is 29.2 Å². The van der Waals surface area contributed by atoms with Crippen molar-refractivity contribution in [2.75, 3.05) is 0 Å². The second-order valence-electron chi connectivity index (χ2n) is 7.36. The first-order valence-corrected chi connectivity index (χ1v) is 10.4. The van der Waals surface area contributed by atoms with Crippen molar-refractivity contribution in [3.8, 4) is 0 Å². The maximum Gasteiger partial charge on any atom is 0.283 e. The minimum atomic E-state index is -0.404. The summed E-state index contributed by atoms with van der Waals surface area (Å²) in [6, 6.07) is 16.5. The molecule has 5 rings (SSSR count). The molecule has 0 aliphatic carbocycles. The molecule has 0 radical (unpaired) electrons. The summed E-state index contributed by atoms with van der Waals surface area (Å²) in [5.41, 5.74) is 4.65. The third kappa shape index (κ3) is 3.17. The Morgan fingerprint density at radius 3 is 2.80 bits per heavy atom. The number of rotatable bonds is 3. The summed E-state index contributed by atoms with van der Waals surface area (Å²) in [5, 5.41) is 16.5. The van der Waals surface area contributed by atoms with Gasteiger partial charge in [-0.2, -0.15) is 15.1 Å². The number of hydrazone groups is 1. The fraction of sp³-hybridized carbons (Fsp3) is 0.130. The molecule has 30 heavy (non-hydrogen) atoms. The maximum absolute atomic E-state index is 12.6. The van der Waals surface area contributed by atoms with E-state index in [1.807, 2.05) is 31.3 Å². The van der Waals surface area contributed by atoms with Crippen LogP contribution in [0.3, 0.4) is 0 Å². The molecular weight excluding hydrogens is 394 g/mol. The van der Waals surface area contributed by atoms with Gasteiger partial charge in [-0.15, -0.1) is 0 Å². The number of para-hydroxylation sites is 1. The third-order valence-corrected chi connectivity index (χ3v) is 5.93. The van der Waals surface area contributed by atoms with Crippen molar-refractivity contribution in [2.24, 2.45) is 10.1 Å². The van der Waals surface area contributed by atoms with E-state index in [2.05, 4.69) is 51.9 Å². The summed E-state index contributed by atoms with van der Waals surface area (Å²) in [4.78, 5) is 16.8. The predicted molar refractivity (Wildman–Crippen MR) is 123 cm³/mol. The van der Waals surface area contributed by atoms with Crippen LogP contribution >= 0.6 is 11.8 Å². The molecule has 0 unspecified atom stereocenters. The molecule has 2 aliphatic rings. The lowest BCUT2D eigenvalue weighted by atomic mass is 10.1. The zero-order chi connectivity index (χ0) is 20.8. The maximum atomic E-state index is 12.6. The molecule has 1 aromatic heterocycles. The number of hydrogen-bond acceptors (Lipinski definition) is 4. The van der Waals surface area contributed by atoms with Crippen molar-refractivity contribution in [3.63, 3.8) is 0 Å². The van der Waals surface area contributed by atoms with E-state index < -0.39 is 5.91 Å². The molecule has 2 aliphatic heterocycles. The number of benzene rings is 2. The summed E-state index contributed by atoms with van der Waals surface area (Å²) in [5.74, 6) is -0.343. The molecule has 3 aromatic rings. The number of aromatic nitrogens is 1. The Morgan fingerprint density at radius 2 is 1.97 bits per heavy atom. The number of aliphatic imine (C=N–C) groups is 1. The van der Waals surface area contributed by atoms with Crippen molar-refractivity contribution in [2.45, 2.75) is 20.4 Å². The second-order valence-corrected chi connectivity index (χ2v) is 8.52. The highest BCUT2D eigenvalue weighted by Gasteiger charge is 2.34. The lowest BCUT2D eigenvalue weighted by molar-refractivity contribution is -0.114. The molecule has 0 fully saturated rings. The van der Waals surface area contributed by atoms with Gasteiger partial charge in [0.15, 0.2) is 5.84 Å². The minimum Gasteiger partial charge on any atom is -0.342 e. The van der Waals surface area contributed by atoms with Crippen LogP contribution in [0, 0.1) is 12.3 Å². The summed E-state index contributed by atoms with van der Waals surface area (Å²) in [6.45, 7) is 4.65. The first-order valence-electron chi connectivity index (χ1n) is 9.60. The van der Waals surface area contributed by atoms with Crippen LogP contribution in [0.1, 0.15) is 23.6 Å². The van der Waals surface area contributed by atoms with Gasteiger partial charge in [-0.25, -0.2) is 0 Å². The van der Waals surface area contributed by atoms with Crippen molar-refractivity contribution in [3.05, 3.63) is 77.0 Å². The van der Waals surface area contributed by atoms with E-state index in [1.165, 1.54) is 27.9 Å². The van der Waals surface area contributed by atoms with Crippen molar-refractivity contribution in [1.82, 2.24) is 9.58 Å². The van der Waals surface area contributed by atoms with E-state index >= 15 is 0 Å². The van der Waals surface area contributed by atoms with Crippen LogP contribution in [0.2, 0.25) is 0 Å². The molecule has 0 saturated carbocycles. The van der Waals surface area contributed by atoms with Gasteiger partial charge >= 0.3 is 0 Å². The first kappa shape index (κ1) is 18.6. The molecule has 0 saturated heterocycles. The average Bonchev–Trinajstić information content (AvgIpc) is 3.25. The molecule has 2 aromatic carbocycles. The Labute approximate surface area is 178 Å². The number of carbonyl (C=O) groups excluding carboxylic acids is 1. The van der Waals surface area contributed by atoms with E-state index in [9.17, 15) is 4.79 Å². The van der Waals surface area contributed by atoms with Crippen LogP contribution < -0.4 is 0 Å². The first-order chi connectivity index (χ1) is 14.5. The zero-order valence-corrected chi connectivity index (χ0v) is 17.4. The zero-order valence-electron chi connectivity index (χ0n) is 16.6. The molecule has 0 atom stereocenters. The van der Waals surface area contributed by atoms with Gasteiger partial charge in [-0.05, 0) is 43.3 Å². The Hall–Kier alpha value is -3.45. The number of carbonyl (C=O) groups is 1. The van der Waals surface area contributed by atoms with Gasteiger partial charge in [-0.3, -0.25) is 10.2 Å². The van der Waals surface area contributed by atoms with Crippen molar-refractivity contribution >= 4 is 50.7 Å². The number of nitrogens with one attached hydrogen (secondary N) is 1. The number of amidine groups is 2. The molecule has 6 nitrogen and oxygen atoms in total. The highest BCUT2D eigenvalue weighted by atomic mass is 32.2. The van der Waals surface area contributed by atoms with Gasteiger partial charge in [0.05, 0.1) is 10.6 Å². The molecule has 1 amide bonds. The van der Waals surface area contributed by atoms with Crippen LogP contribution in [0.4, 0.5) is 0 Å². The van der Waals surface area contributed by atoms with Crippen molar-refractivity contribution < 1.29 is 4.79 Å². The fourth-order valence-electron chi connectivity index (χ4n) is 3.77. The SMILES string of the molecule is CC1=NN2C(=N)/C(=C/c3cn(Cc4cccc(C)c4)c4ccccc34)C(=O)N=C2S1. The number of hydrogen-bond donors (Lipinski definition) is 1. The van der Waals surface area contributed by atoms with Gasteiger partial charge in [0.25, 0.3) is 5.91 Å². The molecule has 7 heteroatoms. The van der Waals surface area contributed by atoms with E-state index in [4.69, 9.17) is 5.41 Å². The largest absolute Gasteiger partial charge is 0.342 e. The fourth-order valence-corrected chi connectivity index (χ4v) is 4.51. The van der Waals surface area contributed by atoms with E-state index in [0.29, 0.717) is 5.17 Å². The molecular formula is C23H19N5OS. The normalized spacial score (nSPS) is 17.5. The smallest absolute Gasteiger partial charge is 0.283 e. The van der Waals surface area contributed by atoms with Gasteiger partial charge in [-0.1, -0.05) is 48.0 Å². The molecule has 0 bridgehead atoms. The van der Waals surface area contributed by atoms with Crippen LogP contribution in [0.15, 0.2) is 70.4 Å². The van der Waals surface area contributed by atoms with Crippen LogP contribution in [0.25, 0.3) is 17.0 Å². The number of thioether (sulfide) groups is 1. The highest BCUT2D eigenvalue weighted by molar-refractivity contribution is 8.26. The summed E-state index contributed by atoms with van der Waals surface area (Å²) in [6.07, 6.45) is 3.79. The summed E-state index contributed by atoms with van der Waals surface area (Å²) < 4.78 is 2.18. The Morgan fingerprint density at radius 1 is 1.13 bits per heavy atom. The highest BCUT2D eigenvalue weighted by Crippen LogP contribution is 2.30. The minimum absolute atomic E-state index is 0.0601. The Balaban J connectivity index is 1.58. The predicted octanol–water partition coefficient (Wildman–Crippen LogP) is 4.64. The Bertz CT molecular complexity index is 1310. The van der Waals surface area contributed by atoms with E-state index in [-0.39, 0.29) is 11.4 Å². The topological polar surface area (TPSA) is 73.8 Å². The molecule has 0 spiro atoms. The Kier molecular flexibility index (Phi) is 4.40. The third-order valence-electron chi connectivity index (χ3n) is 5.11. The molecule has 1 N–H and O–H groups in total. The summed E-state index contributed by atoms with van der Waals surface area (Å²) >= 11 is 1.31. The van der Waals surface area contributed by atoms with Gasteiger partial charge in [0.2, 0.25) is 5.17 Å². The summed E-state index contributed by atoms with van der Waals surface area (Å²) in [7, 11) is 0. The van der Waals surface area contributed by atoms with E-state index in [1.54, 1.807) is 6.08 Å². The number of amides is 1. The molecule has 148 valence electrons.